The van der Waals surface area contributed by atoms with Crippen molar-refractivity contribution < 1.29 is 8.78 Å². The van der Waals surface area contributed by atoms with Gasteiger partial charge in [0.1, 0.15) is 11.6 Å². The van der Waals surface area contributed by atoms with Crippen LogP contribution in [0.1, 0.15) is 18.4 Å². The Morgan fingerprint density at radius 2 is 2.07 bits per heavy atom. The number of rotatable bonds is 1. The van der Waals surface area contributed by atoms with E-state index in [9.17, 15) is 8.78 Å². The highest BCUT2D eigenvalue weighted by Crippen LogP contribution is 2.16. The summed E-state index contributed by atoms with van der Waals surface area (Å²) in [5.74, 6) is -1.10. The van der Waals surface area contributed by atoms with Crippen LogP contribution in [-0.2, 0) is 0 Å². The zero-order valence-electron chi connectivity index (χ0n) is 7.50. The molecule has 1 aromatic rings. The summed E-state index contributed by atoms with van der Waals surface area (Å²) in [7, 11) is 0. The van der Waals surface area contributed by atoms with Gasteiger partial charge in [0.25, 0.3) is 0 Å². The average molecular weight is 193 g/mol. The number of aliphatic imine (C=N–C) groups is 1. The number of allylic oxidation sites excluding steroid dienone is 1. The third kappa shape index (κ3) is 1.71. The van der Waals surface area contributed by atoms with Crippen LogP contribution < -0.4 is 0 Å². The Kier molecular flexibility index (Phi) is 2.39. The van der Waals surface area contributed by atoms with E-state index in [4.69, 9.17) is 0 Å². The van der Waals surface area contributed by atoms with Gasteiger partial charge in [-0.2, -0.15) is 0 Å². The van der Waals surface area contributed by atoms with Crippen molar-refractivity contribution >= 4 is 5.71 Å². The maximum atomic E-state index is 13.3. The lowest BCUT2D eigenvalue weighted by Crippen LogP contribution is -2.05. The minimum Gasteiger partial charge on any atom is -0.261 e. The molecule has 1 aromatic carbocycles. The molecule has 0 unspecified atom stereocenters. The predicted molar refractivity (Wildman–Crippen MR) is 51.3 cm³/mol. The van der Waals surface area contributed by atoms with Gasteiger partial charge in [0.2, 0.25) is 0 Å². The molecule has 1 heterocycles. The molecular weight excluding hydrogens is 184 g/mol. The molecule has 14 heavy (non-hydrogen) atoms. The first-order valence-corrected chi connectivity index (χ1v) is 4.44. The Balaban J connectivity index is 2.41. The van der Waals surface area contributed by atoms with Crippen LogP contribution in [0.4, 0.5) is 8.78 Å². The summed E-state index contributed by atoms with van der Waals surface area (Å²) in [6, 6.07) is 3.57. The van der Waals surface area contributed by atoms with Gasteiger partial charge >= 0.3 is 0 Å². The summed E-state index contributed by atoms with van der Waals surface area (Å²) < 4.78 is 25.9. The molecule has 0 N–H and O–H groups in total. The van der Waals surface area contributed by atoms with E-state index in [2.05, 4.69) is 4.99 Å². The van der Waals surface area contributed by atoms with Crippen LogP contribution in [0.3, 0.4) is 0 Å². The van der Waals surface area contributed by atoms with E-state index in [0.29, 0.717) is 17.7 Å². The van der Waals surface area contributed by atoms with Crippen LogP contribution in [0.25, 0.3) is 0 Å². The van der Waals surface area contributed by atoms with Gasteiger partial charge in [-0.1, -0.05) is 6.08 Å². The molecule has 0 atom stereocenters. The zero-order valence-corrected chi connectivity index (χ0v) is 7.50. The van der Waals surface area contributed by atoms with Gasteiger partial charge in [0.05, 0.1) is 5.71 Å². The number of halogens is 2. The molecular formula is C11H9F2N. The van der Waals surface area contributed by atoms with Crippen molar-refractivity contribution in [1.29, 1.82) is 0 Å². The largest absolute Gasteiger partial charge is 0.261 e. The lowest BCUT2D eigenvalue weighted by molar-refractivity contribution is 0.581. The fourth-order valence-corrected chi connectivity index (χ4v) is 1.43. The Labute approximate surface area is 80.8 Å². The van der Waals surface area contributed by atoms with Gasteiger partial charge in [-0.3, -0.25) is 4.99 Å². The molecule has 0 spiro atoms. The first kappa shape index (κ1) is 9.06. The molecule has 0 fully saturated rings. The van der Waals surface area contributed by atoms with Gasteiger partial charge in [0.15, 0.2) is 0 Å². The Morgan fingerprint density at radius 1 is 1.21 bits per heavy atom. The van der Waals surface area contributed by atoms with Crippen LogP contribution in [-0.4, -0.2) is 5.71 Å². The second-order valence-corrected chi connectivity index (χ2v) is 3.12. The van der Waals surface area contributed by atoms with Crippen molar-refractivity contribution in [2.75, 3.05) is 0 Å². The van der Waals surface area contributed by atoms with Crippen LogP contribution in [0, 0.1) is 11.6 Å². The number of benzene rings is 1. The Bertz CT molecular complexity index is 408. The zero-order chi connectivity index (χ0) is 9.97. The first-order chi connectivity index (χ1) is 6.77. The number of hydrogen-bond acceptors (Lipinski definition) is 1. The van der Waals surface area contributed by atoms with Gasteiger partial charge in [-0.25, -0.2) is 8.78 Å². The molecule has 1 nitrogen and oxygen atoms in total. The van der Waals surface area contributed by atoms with Crippen molar-refractivity contribution in [3.05, 3.63) is 47.7 Å². The van der Waals surface area contributed by atoms with Crippen molar-refractivity contribution in [2.45, 2.75) is 12.8 Å². The molecule has 0 amide bonds. The van der Waals surface area contributed by atoms with E-state index in [1.165, 1.54) is 12.1 Å². The monoisotopic (exact) mass is 193 g/mol. The third-order valence-corrected chi connectivity index (χ3v) is 2.13. The minimum absolute atomic E-state index is 0.399. The molecule has 2 rings (SSSR count). The number of nitrogens with zero attached hydrogens (tertiary/aromatic N) is 1. The maximum Gasteiger partial charge on any atom is 0.135 e. The summed E-state index contributed by atoms with van der Waals surface area (Å²) in [6.07, 6.45) is 5.14. The lowest BCUT2D eigenvalue weighted by Gasteiger charge is -2.08. The van der Waals surface area contributed by atoms with Crippen LogP contribution >= 0.6 is 0 Å². The van der Waals surface area contributed by atoms with Crippen molar-refractivity contribution in [1.82, 2.24) is 0 Å². The quantitative estimate of drug-likeness (QED) is 0.650. The SMILES string of the molecule is Fc1ccc(C2=NC=CCC2)c(F)c1. The molecule has 72 valence electrons. The van der Waals surface area contributed by atoms with E-state index in [-0.39, 0.29) is 0 Å². The van der Waals surface area contributed by atoms with Gasteiger partial charge in [-0.05, 0) is 25.0 Å². The van der Waals surface area contributed by atoms with Gasteiger partial charge in [-0.15, -0.1) is 0 Å². The molecule has 3 heteroatoms. The molecule has 1 aliphatic rings. The predicted octanol–water partition coefficient (Wildman–Crippen LogP) is 3.06. The van der Waals surface area contributed by atoms with E-state index < -0.39 is 11.6 Å². The Hall–Kier alpha value is -1.51. The van der Waals surface area contributed by atoms with E-state index in [0.717, 1.165) is 12.5 Å². The van der Waals surface area contributed by atoms with Crippen molar-refractivity contribution in [3.63, 3.8) is 0 Å². The van der Waals surface area contributed by atoms with Crippen LogP contribution in [0.2, 0.25) is 0 Å². The summed E-state index contributed by atoms with van der Waals surface area (Å²) in [5, 5.41) is 0. The van der Waals surface area contributed by atoms with Crippen LogP contribution in [0.15, 0.2) is 35.5 Å². The topological polar surface area (TPSA) is 12.4 Å². The van der Waals surface area contributed by atoms with E-state index in [1.807, 2.05) is 6.08 Å². The van der Waals surface area contributed by atoms with E-state index >= 15 is 0 Å². The molecule has 1 aliphatic heterocycles. The summed E-state index contributed by atoms with van der Waals surface area (Å²) in [5.41, 5.74) is 1.08. The molecule has 0 radical (unpaired) electrons. The summed E-state index contributed by atoms with van der Waals surface area (Å²) in [6.45, 7) is 0. The standard InChI is InChI=1S/C11H9F2N/c12-8-4-5-9(10(13)7-8)11-3-1-2-6-14-11/h2,4-7H,1,3H2. The second-order valence-electron chi connectivity index (χ2n) is 3.12. The maximum absolute atomic E-state index is 13.3. The fraction of sp³-hybridized carbons (Fsp3) is 0.182. The van der Waals surface area contributed by atoms with Crippen molar-refractivity contribution in [3.8, 4) is 0 Å². The summed E-state index contributed by atoms with van der Waals surface area (Å²) in [4.78, 5) is 4.06. The van der Waals surface area contributed by atoms with Gasteiger partial charge in [0, 0.05) is 17.8 Å². The summed E-state index contributed by atoms with van der Waals surface area (Å²) >= 11 is 0. The van der Waals surface area contributed by atoms with Crippen molar-refractivity contribution in [2.24, 2.45) is 4.99 Å². The highest BCUT2D eigenvalue weighted by atomic mass is 19.1. The first-order valence-electron chi connectivity index (χ1n) is 4.44. The van der Waals surface area contributed by atoms with Gasteiger partial charge < -0.3 is 0 Å². The molecule has 0 saturated heterocycles. The highest BCUT2D eigenvalue weighted by molar-refractivity contribution is 6.01. The minimum atomic E-state index is -0.557. The van der Waals surface area contributed by atoms with E-state index in [1.54, 1.807) is 6.20 Å². The number of hydrogen-bond donors (Lipinski definition) is 0. The lowest BCUT2D eigenvalue weighted by atomic mass is 10.0. The smallest absolute Gasteiger partial charge is 0.135 e. The average Bonchev–Trinajstić information content (AvgIpc) is 2.19. The highest BCUT2D eigenvalue weighted by Gasteiger charge is 2.10. The van der Waals surface area contributed by atoms with Crippen LogP contribution in [0.5, 0.6) is 0 Å². The normalized spacial score (nSPS) is 15.4. The molecule has 0 bridgehead atoms. The Morgan fingerprint density at radius 3 is 2.71 bits per heavy atom. The molecule has 0 aromatic heterocycles. The second kappa shape index (κ2) is 3.70. The fourth-order valence-electron chi connectivity index (χ4n) is 1.43. The molecule has 0 aliphatic carbocycles. The molecule has 0 saturated carbocycles. The third-order valence-electron chi connectivity index (χ3n) is 2.13.